The van der Waals surface area contributed by atoms with Crippen LogP contribution in [0.4, 0.5) is 13.2 Å². The molecule has 7 heteroatoms. The van der Waals surface area contributed by atoms with E-state index in [9.17, 15) is 18.0 Å². The van der Waals surface area contributed by atoms with Crippen LogP contribution in [0.3, 0.4) is 0 Å². The number of rotatable bonds is 5. The topological polar surface area (TPSA) is 34.9 Å². The largest absolute Gasteiger partial charge is 0.416 e. The molecule has 0 aliphatic rings. The summed E-state index contributed by atoms with van der Waals surface area (Å²) >= 11 is 0. The maximum Gasteiger partial charge on any atom is 0.416 e. The second-order valence-electron chi connectivity index (χ2n) is 4.47. The van der Waals surface area contributed by atoms with Gasteiger partial charge in [0.2, 0.25) is 0 Å². The van der Waals surface area contributed by atoms with Crippen molar-refractivity contribution in [2.75, 3.05) is 0 Å². The van der Waals surface area contributed by atoms with Crippen molar-refractivity contribution in [3.8, 4) is 0 Å². The van der Waals surface area contributed by atoms with E-state index in [1.807, 2.05) is 0 Å². The third kappa shape index (κ3) is 5.23. The molecule has 0 radical (unpaired) electrons. The monoisotopic (exact) mass is 318 g/mol. The Morgan fingerprint density at radius 1 is 1.19 bits per heavy atom. The fourth-order valence-electron chi connectivity index (χ4n) is 1.81. The van der Waals surface area contributed by atoms with Crippen LogP contribution in [0.15, 0.2) is 43.0 Å². The molecular weight excluding hydrogens is 305 g/mol. The molecule has 0 N–H and O–H groups in total. The summed E-state index contributed by atoms with van der Waals surface area (Å²) in [6.07, 6.45) is 1.24. The number of Topliss-reactive ketones (excluding diaryl/α,β-unsaturated/α-hetero) is 1. The summed E-state index contributed by atoms with van der Waals surface area (Å²) < 4.78 is 38.8. The van der Waals surface area contributed by atoms with Gasteiger partial charge in [-0.1, -0.05) is 12.1 Å². The van der Waals surface area contributed by atoms with Crippen LogP contribution in [0.25, 0.3) is 0 Å². The van der Waals surface area contributed by atoms with E-state index >= 15 is 0 Å². The van der Waals surface area contributed by atoms with Crippen LogP contribution in [0.1, 0.15) is 17.5 Å². The lowest BCUT2D eigenvalue weighted by Gasteiger charge is -2.07. The number of alkyl halides is 3. The molecule has 2 aromatic rings. The highest BCUT2D eigenvalue weighted by Gasteiger charge is 2.29. The van der Waals surface area contributed by atoms with Gasteiger partial charge in [0.15, 0.2) is 5.78 Å². The Morgan fingerprint density at radius 2 is 1.86 bits per heavy atom. The molecule has 0 fully saturated rings. The maximum atomic E-state index is 12.4. The molecule has 0 amide bonds. The van der Waals surface area contributed by atoms with Gasteiger partial charge < -0.3 is 4.57 Å². The van der Waals surface area contributed by atoms with Crippen LogP contribution in [-0.4, -0.2) is 15.3 Å². The van der Waals surface area contributed by atoms with Gasteiger partial charge in [-0.3, -0.25) is 4.79 Å². The first kappa shape index (κ1) is 17.2. The SMILES string of the molecule is Cl.O=C(CCc1ccc(C(F)(F)F)cc1)Cn1ccnc1. The molecule has 0 unspecified atom stereocenters. The van der Waals surface area contributed by atoms with E-state index in [2.05, 4.69) is 4.98 Å². The maximum absolute atomic E-state index is 12.4. The van der Waals surface area contributed by atoms with E-state index in [4.69, 9.17) is 0 Å². The highest BCUT2D eigenvalue weighted by atomic mass is 35.5. The average molecular weight is 319 g/mol. The second kappa shape index (κ2) is 7.26. The second-order valence-corrected chi connectivity index (χ2v) is 4.47. The molecule has 3 nitrogen and oxygen atoms in total. The number of imidazole rings is 1. The van der Waals surface area contributed by atoms with E-state index in [1.165, 1.54) is 12.1 Å². The molecule has 114 valence electrons. The Hall–Kier alpha value is -1.82. The van der Waals surface area contributed by atoms with Gasteiger partial charge in [0, 0.05) is 18.8 Å². The smallest absolute Gasteiger partial charge is 0.330 e. The molecule has 1 aromatic heterocycles. The van der Waals surface area contributed by atoms with Gasteiger partial charge in [0.1, 0.15) is 0 Å². The predicted octanol–water partition coefficient (Wildman–Crippen LogP) is 3.53. The zero-order chi connectivity index (χ0) is 14.6. The molecule has 0 bridgehead atoms. The number of carbonyl (C=O) groups is 1. The highest BCUT2D eigenvalue weighted by Crippen LogP contribution is 2.29. The number of benzene rings is 1. The summed E-state index contributed by atoms with van der Waals surface area (Å²) in [5, 5.41) is 0. The Labute approximate surface area is 126 Å². The third-order valence-electron chi connectivity index (χ3n) is 2.89. The van der Waals surface area contributed by atoms with Crippen molar-refractivity contribution in [2.24, 2.45) is 0 Å². The molecule has 0 saturated heterocycles. The lowest BCUT2D eigenvalue weighted by molar-refractivity contribution is -0.137. The molecule has 0 atom stereocenters. The molecule has 1 aromatic carbocycles. The zero-order valence-corrected chi connectivity index (χ0v) is 11.8. The predicted molar refractivity (Wildman–Crippen MR) is 74.2 cm³/mol. The lowest BCUT2D eigenvalue weighted by Crippen LogP contribution is -2.09. The molecule has 21 heavy (non-hydrogen) atoms. The van der Waals surface area contributed by atoms with E-state index in [0.717, 1.165) is 17.7 Å². The summed E-state index contributed by atoms with van der Waals surface area (Å²) in [5.41, 5.74) is 0.0444. The number of hydrogen-bond donors (Lipinski definition) is 0. The zero-order valence-electron chi connectivity index (χ0n) is 11.0. The normalized spacial score (nSPS) is 11.0. The average Bonchev–Trinajstić information content (AvgIpc) is 2.88. The van der Waals surface area contributed by atoms with E-state index in [1.54, 1.807) is 23.3 Å². The van der Waals surface area contributed by atoms with E-state index in [0.29, 0.717) is 12.8 Å². The van der Waals surface area contributed by atoms with Crippen LogP contribution in [-0.2, 0) is 23.9 Å². The Morgan fingerprint density at radius 3 is 2.38 bits per heavy atom. The van der Waals surface area contributed by atoms with Crippen LogP contribution < -0.4 is 0 Å². The number of ketones is 1. The molecule has 0 saturated carbocycles. The van der Waals surface area contributed by atoms with Gasteiger partial charge >= 0.3 is 6.18 Å². The third-order valence-corrected chi connectivity index (χ3v) is 2.89. The van der Waals surface area contributed by atoms with Crippen LogP contribution >= 0.6 is 12.4 Å². The van der Waals surface area contributed by atoms with Crippen LogP contribution in [0.5, 0.6) is 0 Å². The molecule has 0 aliphatic carbocycles. The summed E-state index contributed by atoms with van der Waals surface area (Å²) in [6, 6.07) is 4.89. The van der Waals surface area contributed by atoms with Gasteiger partial charge in [-0.25, -0.2) is 4.98 Å². The molecular formula is C14H14ClF3N2O. The molecule has 0 spiro atoms. The van der Waals surface area contributed by atoms with Gasteiger partial charge in [0.25, 0.3) is 0 Å². The van der Waals surface area contributed by atoms with Gasteiger partial charge in [-0.2, -0.15) is 13.2 Å². The van der Waals surface area contributed by atoms with Crippen LogP contribution in [0.2, 0.25) is 0 Å². The van der Waals surface area contributed by atoms with Crippen molar-refractivity contribution in [2.45, 2.75) is 25.6 Å². The Kier molecular flexibility index (Phi) is 5.96. The van der Waals surface area contributed by atoms with Crippen molar-refractivity contribution in [1.29, 1.82) is 0 Å². The number of carbonyl (C=O) groups excluding carboxylic acids is 1. The first-order valence-corrected chi connectivity index (χ1v) is 6.09. The number of aromatic nitrogens is 2. The van der Waals surface area contributed by atoms with Crippen molar-refractivity contribution >= 4 is 18.2 Å². The van der Waals surface area contributed by atoms with Gasteiger partial charge in [0.05, 0.1) is 18.4 Å². The van der Waals surface area contributed by atoms with Crippen molar-refractivity contribution < 1.29 is 18.0 Å². The Balaban J connectivity index is 0.00000220. The van der Waals surface area contributed by atoms with Crippen molar-refractivity contribution in [3.05, 3.63) is 54.1 Å². The molecule has 0 aliphatic heterocycles. The fraction of sp³-hybridized carbons (Fsp3) is 0.286. The summed E-state index contributed by atoms with van der Waals surface area (Å²) in [7, 11) is 0. The van der Waals surface area contributed by atoms with Gasteiger partial charge in [-0.05, 0) is 24.1 Å². The summed E-state index contributed by atoms with van der Waals surface area (Å²) in [5.74, 6) is 0.0166. The summed E-state index contributed by atoms with van der Waals surface area (Å²) in [6.45, 7) is 0.237. The first-order valence-electron chi connectivity index (χ1n) is 6.09. The lowest BCUT2D eigenvalue weighted by atomic mass is 10.1. The van der Waals surface area contributed by atoms with Crippen molar-refractivity contribution in [1.82, 2.24) is 9.55 Å². The minimum atomic E-state index is -4.32. The number of nitrogens with zero attached hydrogens (tertiary/aromatic N) is 2. The quantitative estimate of drug-likeness (QED) is 0.845. The number of hydrogen-bond acceptors (Lipinski definition) is 2. The van der Waals surface area contributed by atoms with E-state index < -0.39 is 11.7 Å². The number of aryl methyl sites for hydroxylation is 1. The molecule has 1 heterocycles. The number of halogens is 4. The minimum absolute atomic E-state index is 0. The highest BCUT2D eigenvalue weighted by molar-refractivity contribution is 5.85. The first-order chi connectivity index (χ1) is 9.45. The Bertz CT molecular complexity index is 565. The minimum Gasteiger partial charge on any atom is -0.330 e. The standard InChI is InChI=1S/C14H13F3N2O.ClH/c15-14(16,17)12-4-1-11(2-5-12)3-6-13(20)9-19-8-7-18-10-19;/h1-2,4-5,7-8,10H,3,6,9H2;1H. The van der Waals surface area contributed by atoms with Crippen molar-refractivity contribution in [3.63, 3.8) is 0 Å². The van der Waals surface area contributed by atoms with E-state index in [-0.39, 0.29) is 24.7 Å². The van der Waals surface area contributed by atoms with Gasteiger partial charge in [-0.15, -0.1) is 12.4 Å². The molecule has 2 rings (SSSR count). The fourth-order valence-corrected chi connectivity index (χ4v) is 1.81. The van der Waals surface area contributed by atoms with Crippen LogP contribution in [0, 0.1) is 0 Å². The summed E-state index contributed by atoms with van der Waals surface area (Å²) in [4.78, 5) is 15.5.